The molecule has 1 aliphatic rings. The van der Waals surface area contributed by atoms with Gasteiger partial charge in [0, 0.05) is 18.2 Å². The van der Waals surface area contributed by atoms with E-state index in [9.17, 15) is 14.4 Å². The number of hydrogen-bond acceptors (Lipinski definition) is 5. The highest BCUT2D eigenvalue weighted by Crippen LogP contribution is 2.26. The normalized spacial score (nSPS) is 19.6. The highest BCUT2D eigenvalue weighted by Gasteiger charge is 2.40. The van der Waals surface area contributed by atoms with Crippen molar-refractivity contribution in [3.8, 4) is 0 Å². The van der Waals surface area contributed by atoms with Crippen molar-refractivity contribution in [3.05, 3.63) is 11.6 Å². The molecule has 0 spiro atoms. The van der Waals surface area contributed by atoms with Crippen molar-refractivity contribution in [3.63, 3.8) is 0 Å². The van der Waals surface area contributed by atoms with Crippen LogP contribution in [0.4, 0.5) is 0 Å². The predicted octanol–water partition coefficient (Wildman–Crippen LogP) is 4.16. The summed E-state index contributed by atoms with van der Waals surface area (Å²) in [6, 6.07) is -0.902. The van der Waals surface area contributed by atoms with Gasteiger partial charge in [-0.05, 0) is 65.3 Å². The van der Waals surface area contributed by atoms with Gasteiger partial charge in [0.25, 0.3) is 0 Å². The second-order valence-corrected chi connectivity index (χ2v) is 11.1. The Balaban J connectivity index is 3.24. The maximum absolute atomic E-state index is 13.9. The van der Waals surface area contributed by atoms with Gasteiger partial charge >= 0.3 is 5.97 Å². The van der Waals surface area contributed by atoms with Crippen LogP contribution in [0, 0.1) is 11.3 Å². The number of piperidine rings is 1. The molecule has 34 heavy (non-hydrogen) atoms. The third-order valence-electron chi connectivity index (χ3n) is 6.59. The molecule has 0 radical (unpaired) electrons. The quantitative estimate of drug-likeness (QED) is 0.376. The van der Waals surface area contributed by atoms with Gasteiger partial charge in [0.1, 0.15) is 6.04 Å². The Bertz CT molecular complexity index is 724. The van der Waals surface area contributed by atoms with Gasteiger partial charge in [-0.1, -0.05) is 47.1 Å². The van der Waals surface area contributed by atoms with Gasteiger partial charge in [-0.3, -0.25) is 14.5 Å². The summed E-state index contributed by atoms with van der Waals surface area (Å²) >= 11 is 0. The first-order chi connectivity index (χ1) is 15.8. The molecule has 2 amide bonds. The minimum atomic E-state index is -0.673. The Hall–Kier alpha value is -1.89. The van der Waals surface area contributed by atoms with E-state index in [-0.39, 0.29) is 41.8 Å². The number of ether oxygens (including phenoxy) is 1. The summed E-state index contributed by atoms with van der Waals surface area (Å²) < 4.78 is 5.14. The molecule has 3 atom stereocenters. The van der Waals surface area contributed by atoms with E-state index in [0.717, 1.165) is 25.8 Å². The monoisotopic (exact) mass is 479 g/mol. The molecule has 0 bridgehead atoms. The summed E-state index contributed by atoms with van der Waals surface area (Å²) in [5.74, 6) is -0.485. The van der Waals surface area contributed by atoms with Gasteiger partial charge < -0.3 is 15.0 Å². The second-order valence-electron chi connectivity index (χ2n) is 11.1. The van der Waals surface area contributed by atoms with Crippen LogP contribution in [0.1, 0.15) is 88.5 Å². The molecule has 1 rings (SSSR count). The Morgan fingerprint density at radius 2 is 1.74 bits per heavy atom. The molecular weight excluding hydrogens is 430 g/mol. The minimum absolute atomic E-state index is 0.0722. The molecule has 7 heteroatoms. The molecule has 7 nitrogen and oxygen atoms in total. The van der Waals surface area contributed by atoms with Gasteiger partial charge in [0.15, 0.2) is 0 Å². The number of carbonyl (C=O) groups excluding carboxylic acids is 3. The summed E-state index contributed by atoms with van der Waals surface area (Å²) in [6.45, 7) is 21.3. The van der Waals surface area contributed by atoms with E-state index in [1.807, 2.05) is 47.6 Å². The Labute approximate surface area is 207 Å². The summed E-state index contributed by atoms with van der Waals surface area (Å²) in [5.41, 5.74) is 0.0109. The van der Waals surface area contributed by atoms with Crippen LogP contribution in [0.15, 0.2) is 11.6 Å². The first-order valence-corrected chi connectivity index (χ1v) is 13.0. The van der Waals surface area contributed by atoms with Gasteiger partial charge in [-0.2, -0.15) is 0 Å². The largest absolute Gasteiger partial charge is 0.463 e. The Morgan fingerprint density at radius 1 is 1.12 bits per heavy atom. The zero-order chi connectivity index (χ0) is 26.2. The number of rotatable bonds is 10. The molecule has 0 aromatic heterocycles. The van der Waals surface area contributed by atoms with E-state index in [2.05, 4.69) is 24.1 Å². The van der Waals surface area contributed by atoms with E-state index >= 15 is 0 Å². The average molecular weight is 480 g/mol. The zero-order valence-electron chi connectivity index (χ0n) is 23.2. The fourth-order valence-electron chi connectivity index (χ4n) is 4.63. The topological polar surface area (TPSA) is 79.0 Å². The molecule has 0 unspecified atom stereocenters. The number of likely N-dealkylation sites (tertiary alicyclic amines) is 1. The summed E-state index contributed by atoms with van der Waals surface area (Å²) in [7, 11) is 0. The second kappa shape index (κ2) is 13.3. The molecule has 0 saturated carbocycles. The third-order valence-corrected chi connectivity index (χ3v) is 6.59. The van der Waals surface area contributed by atoms with Crippen LogP contribution in [0.2, 0.25) is 0 Å². The van der Waals surface area contributed by atoms with Crippen LogP contribution < -0.4 is 5.32 Å². The van der Waals surface area contributed by atoms with Crippen molar-refractivity contribution < 1.29 is 19.1 Å². The smallest absolute Gasteiger partial charge is 0.333 e. The molecule has 1 fully saturated rings. The number of esters is 1. The van der Waals surface area contributed by atoms with Crippen molar-refractivity contribution in [2.45, 2.75) is 113 Å². The van der Waals surface area contributed by atoms with Crippen molar-refractivity contribution in [2.24, 2.45) is 11.3 Å². The number of amides is 2. The van der Waals surface area contributed by atoms with Crippen LogP contribution in [0.25, 0.3) is 0 Å². The lowest BCUT2D eigenvalue weighted by Crippen LogP contribution is -2.61. The van der Waals surface area contributed by atoms with Crippen molar-refractivity contribution in [1.29, 1.82) is 0 Å². The first kappa shape index (κ1) is 30.1. The predicted molar refractivity (Wildman–Crippen MR) is 137 cm³/mol. The highest BCUT2D eigenvalue weighted by atomic mass is 16.5. The Kier molecular flexibility index (Phi) is 11.8. The number of likely N-dealkylation sites (N-methyl/N-ethyl adjacent to an activating group) is 1. The van der Waals surface area contributed by atoms with Gasteiger partial charge in [0.2, 0.25) is 11.8 Å². The van der Waals surface area contributed by atoms with Gasteiger partial charge in [0.05, 0.1) is 18.7 Å². The maximum atomic E-state index is 13.9. The molecule has 196 valence electrons. The molecule has 1 heterocycles. The minimum Gasteiger partial charge on any atom is -0.463 e. The van der Waals surface area contributed by atoms with Crippen molar-refractivity contribution in [1.82, 2.24) is 15.1 Å². The molecule has 0 aromatic rings. The van der Waals surface area contributed by atoms with Gasteiger partial charge in [-0.25, -0.2) is 4.79 Å². The van der Waals surface area contributed by atoms with Crippen molar-refractivity contribution >= 4 is 17.8 Å². The summed E-state index contributed by atoms with van der Waals surface area (Å²) in [6.07, 6.45) is 4.75. The number of hydrogen-bond donors (Lipinski definition) is 1. The van der Waals surface area contributed by atoms with Gasteiger partial charge in [-0.15, -0.1) is 0 Å². The SMILES string of the molecule is CCOC(=O)C(C)=C[C@H](C(C)C)N(CC)C(=O)[C@@H](NC(=O)[C@H]1CCCCN1C(C)C)C(C)(C)C. The van der Waals surface area contributed by atoms with E-state index in [0.29, 0.717) is 18.7 Å². The average Bonchev–Trinajstić information content (AvgIpc) is 2.75. The lowest BCUT2D eigenvalue weighted by Gasteiger charge is -2.41. The van der Waals surface area contributed by atoms with Crippen LogP contribution >= 0.6 is 0 Å². The molecule has 1 aliphatic heterocycles. The number of carbonyl (C=O) groups is 3. The van der Waals surface area contributed by atoms with E-state index in [1.165, 1.54) is 0 Å². The fourth-order valence-corrected chi connectivity index (χ4v) is 4.63. The standard InChI is InChI=1S/C27H49N3O4/c1-11-29(22(18(3)4)17-20(7)26(33)34-12-2)25(32)23(27(8,9)10)28-24(31)21-15-13-14-16-30(21)19(5)6/h17-19,21-23H,11-16H2,1-10H3,(H,28,31)/t21-,22-,23-/m1/s1. The van der Waals surface area contributed by atoms with Crippen LogP contribution in [-0.4, -0.2) is 71.4 Å². The fraction of sp³-hybridized carbons (Fsp3) is 0.815. The lowest BCUT2D eigenvalue weighted by molar-refractivity contribution is -0.143. The Morgan fingerprint density at radius 3 is 2.21 bits per heavy atom. The maximum Gasteiger partial charge on any atom is 0.333 e. The molecule has 0 aromatic carbocycles. The van der Waals surface area contributed by atoms with E-state index < -0.39 is 11.5 Å². The number of nitrogens with zero attached hydrogens (tertiary/aromatic N) is 2. The molecule has 1 N–H and O–H groups in total. The van der Waals surface area contributed by atoms with Crippen LogP contribution in [-0.2, 0) is 19.1 Å². The molecule has 1 saturated heterocycles. The first-order valence-electron chi connectivity index (χ1n) is 13.0. The zero-order valence-corrected chi connectivity index (χ0v) is 23.2. The number of nitrogens with one attached hydrogen (secondary N) is 1. The summed E-state index contributed by atoms with van der Waals surface area (Å²) in [5, 5.41) is 3.13. The van der Waals surface area contributed by atoms with Crippen LogP contribution in [0.5, 0.6) is 0 Å². The third kappa shape index (κ3) is 8.10. The summed E-state index contributed by atoms with van der Waals surface area (Å²) in [4.78, 5) is 43.6. The molecule has 0 aliphatic carbocycles. The lowest BCUT2D eigenvalue weighted by atomic mass is 9.84. The van der Waals surface area contributed by atoms with Crippen LogP contribution in [0.3, 0.4) is 0 Å². The van der Waals surface area contributed by atoms with E-state index in [1.54, 1.807) is 18.7 Å². The van der Waals surface area contributed by atoms with Crippen molar-refractivity contribution in [2.75, 3.05) is 19.7 Å². The highest BCUT2D eigenvalue weighted by molar-refractivity contribution is 5.91. The molecular formula is C27H49N3O4. The van der Waals surface area contributed by atoms with E-state index in [4.69, 9.17) is 4.74 Å².